The van der Waals surface area contributed by atoms with Gasteiger partial charge in [0.15, 0.2) is 5.69 Å². The summed E-state index contributed by atoms with van der Waals surface area (Å²) < 4.78 is 1.24. The van der Waals surface area contributed by atoms with Gasteiger partial charge in [0.05, 0.1) is 11.2 Å². The lowest BCUT2D eigenvalue weighted by atomic mass is 10.2. The third kappa shape index (κ3) is 1.81. The molecule has 3 aromatic rings. The largest absolute Gasteiger partial charge is 0.382 e. The molecule has 7 nitrogen and oxygen atoms in total. The Hall–Kier alpha value is -3.58. The fourth-order valence-electron chi connectivity index (χ4n) is 2.16. The van der Waals surface area contributed by atoms with Crippen molar-refractivity contribution in [2.75, 3.05) is 5.73 Å². The van der Waals surface area contributed by atoms with Gasteiger partial charge >= 0.3 is 0 Å². The molecule has 100 valence electrons. The lowest BCUT2D eigenvalue weighted by Crippen LogP contribution is -2.10. The summed E-state index contributed by atoms with van der Waals surface area (Å²) in [6.07, 6.45) is 0. The second-order valence-corrected chi connectivity index (χ2v) is 4.31. The molecule has 0 bridgehead atoms. The van der Waals surface area contributed by atoms with Crippen molar-refractivity contribution in [2.45, 2.75) is 0 Å². The second-order valence-electron chi connectivity index (χ2n) is 4.31. The maximum atomic E-state index is 11.8. The van der Waals surface area contributed by atoms with Gasteiger partial charge in [0, 0.05) is 11.5 Å². The van der Waals surface area contributed by atoms with Crippen LogP contribution in [-0.4, -0.2) is 14.8 Å². The average molecular weight is 276 g/mol. The van der Waals surface area contributed by atoms with E-state index in [4.69, 9.17) is 16.3 Å². The maximum Gasteiger partial charge on any atom is 0.250 e. The normalized spacial score (nSPS) is 10.2. The van der Waals surface area contributed by atoms with E-state index in [1.807, 2.05) is 12.1 Å². The first-order valence-corrected chi connectivity index (χ1v) is 5.97. The zero-order valence-electron chi connectivity index (χ0n) is 10.7. The number of pyridine rings is 1. The second kappa shape index (κ2) is 4.51. The minimum atomic E-state index is -0.324. The fourth-order valence-corrected chi connectivity index (χ4v) is 2.16. The first-order chi connectivity index (χ1) is 10.2. The summed E-state index contributed by atoms with van der Waals surface area (Å²) in [4.78, 5) is 14.5. The first-order valence-electron chi connectivity index (χ1n) is 5.97. The van der Waals surface area contributed by atoms with Crippen LogP contribution in [0.25, 0.3) is 16.6 Å². The van der Waals surface area contributed by atoms with E-state index < -0.39 is 0 Å². The number of fused-ring (bicyclic) bond motifs is 1. The number of nitrogens with one attached hydrogen (secondary N) is 1. The van der Waals surface area contributed by atoms with Crippen molar-refractivity contribution in [2.24, 2.45) is 0 Å². The van der Waals surface area contributed by atoms with E-state index in [0.717, 1.165) is 0 Å². The number of hydrogen-bond donors (Lipinski definition) is 2. The van der Waals surface area contributed by atoms with E-state index in [0.29, 0.717) is 16.6 Å². The molecule has 2 heterocycles. The molecule has 2 aromatic heterocycles. The molecule has 0 aliphatic carbocycles. The van der Waals surface area contributed by atoms with Crippen LogP contribution in [0.1, 0.15) is 11.3 Å². The lowest BCUT2D eigenvalue weighted by molar-refractivity contribution is 0.887. The van der Waals surface area contributed by atoms with Crippen molar-refractivity contribution in [3.05, 3.63) is 51.9 Å². The van der Waals surface area contributed by atoms with E-state index in [9.17, 15) is 4.79 Å². The Morgan fingerprint density at radius 1 is 1.24 bits per heavy atom. The number of nitriles is 2. The van der Waals surface area contributed by atoms with Gasteiger partial charge < -0.3 is 10.7 Å². The number of para-hydroxylation sites is 1. The molecule has 0 amide bonds. The Kier molecular flexibility index (Phi) is 2.68. The van der Waals surface area contributed by atoms with Crippen molar-refractivity contribution >= 4 is 16.7 Å². The highest BCUT2D eigenvalue weighted by Gasteiger charge is 2.18. The number of aromatic amines is 1. The zero-order valence-corrected chi connectivity index (χ0v) is 10.7. The molecule has 0 aliphatic heterocycles. The number of aromatic nitrogens is 3. The highest BCUT2D eigenvalue weighted by atomic mass is 16.1. The number of rotatable bonds is 1. The summed E-state index contributed by atoms with van der Waals surface area (Å²) in [5, 5.41) is 22.8. The molecule has 0 saturated carbocycles. The number of benzene rings is 1. The summed E-state index contributed by atoms with van der Waals surface area (Å²) in [5.41, 5.74) is 6.52. The molecule has 0 atom stereocenters. The van der Waals surface area contributed by atoms with Gasteiger partial charge in [0.1, 0.15) is 23.5 Å². The third-order valence-electron chi connectivity index (χ3n) is 3.10. The molecule has 0 saturated heterocycles. The molecule has 0 spiro atoms. The van der Waals surface area contributed by atoms with Gasteiger partial charge in [-0.1, -0.05) is 18.2 Å². The Balaban J connectivity index is 2.42. The van der Waals surface area contributed by atoms with Crippen LogP contribution < -0.4 is 11.3 Å². The van der Waals surface area contributed by atoms with Crippen molar-refractivity contribution in [1.29, 1.82) is 10.5 Å². The van der Waals surface area contributed by atoms with Crippen molar-refractivity contribution in [1.82, 2.24) is 14.8 Å². The van der Waals surface area contributed by atoms with E-state index in [-0.39, 0.29) is 22.6 Å². The number of anilines is 1. The molecule has 0 unspecified atom stereocenters. The predicted octanol–water partition coefficient (Wildman–Crippen LogP) is 1.04. The van der Waals surface area contributed by atoms with Gasteiger partial charge in [0.25, 0.3) is 5.56 Å². The minimum absolute atomic E-state index is 0.00172. The van der Waals surface area contributed by atoms with Gasteiger partial charge in [-0.2, -0.15) is 15.6 Å². The quantitative estimate of drug-likeness (QED) is 0.687. The third-order valence-corrected chi connectivity index (χ3v) is 3.10. The molecular weight excluding hydrogens is 268 g/mol. The maximum absolute atomic E-state index is 11.8. The lowest BCUT2D eigenvalue weighted by Gasteiger charge is -2.07. The van der Waals surface area contributed by atoms with Crippen molar-refractivity contribution in [3.63, 3.8) is 0 Å². The molecule has 1 aromatic carbocycles. The molecule has 0 fully saturated rings. The molecule has 3 rings (SSSR count). The highest BCUT2D eigenvalue weighted by Crippen LogP contribution is 2.24. The van der Waals surface area contributed by atoms with Crippen LogP contribution in [0.4, 0.5) is 5.82 Å². The van der Waals surface area contributed by atoms with Gasteiger partial charge in [0.2, 0.25) is 0 Å². The number of nitrogens with zero attached hydrogens (tertiary/aromatic N) is 4. The average Bonchev–Trinajstić information content (AvgIpc) is 2.82. The minimum Gasteiger partial charge on any atom is -0.382 e. The van der Waals surface area contributed by atoms with E-state index in [2.05, 4.69) is 10.1 Å². The van der Waals surface area contributed by atoms with Crippen molar-refractivity contribution in [3.8, 4) is 17.8 Å². The fraction of sp³-hybridized carbons (Fsp3) is 0. The molecule has 0 aliphatic rings. The zero-order chi connectivity index (χ0) is 15.0. The van der Waals surface area contributed by atoms with Crippen LogP contribution in [0.15, 0.2) is 35.1 Å². The Morgan fingerprint density at radius 2 is 2.00 bits per heavy atom. The predicted molar refractivity (Wildman–Crippen MR) is 75.5 cm³/mol. The van der Waals surface area contributed by atoms with Crippen LogP contribution in [0, 0.1) is 22.7 Å². The molecule has 7 heteroatoms. The summed E-state index contributed by atoms with van der Waals surface area (Å²) >= 11 is 0. The van der Waals surface area contributed by atoms with Gasteiger partial charge in [-0.3, -0.25) is 4.79 Å². The van der Waals surface area contributed by atoms with Crippen molar-refractivity contribution < 1.29 is 0 Å². The topological polar surface area (TPSA) is 124 Å². The smallest absolute Gasteiger partial charge is 0.250 e. The Bertz CT molecular complexity index is 999. The number of nitrogens with two attached hydrogens (primary N) is 1. The van der Waals surface area contributed by atoms with Crippen LogP contribution in [-0.2, 0) is 0 Å². The summed E-state index contributed by atoms with van der Waals surface area (Å²) in [7, 11) is 0. The van der Waals surface area contributed by atoms with Crippen LogP contribution >= 0.6 is 0 Å². The van der Waals surface area contributed by atoms with Crippen LogP contribution in [0.5, 0.6) is 0 Å². The Labute approximate surface area is 118 Å². The molecular formula is C14H8N6O. The number of nitrogen functional groups attached to an aromatic ring is 1. The van der Waals surface area contributed by atoms with E-state index in [1.54, 1.807) is 24.3 Å². The van der Waals surface area contributed by atoms with Gasteiger partial charge in [-0.15, -0.1) is 0 Å². The van der Waals surface area contributed by atoms with Gasteiger partial charge in [-0.25, -0.2) is 4.68 Å². The monoisotopic (exact) mass is 276 g/mol. The summed E-state index contributed by atoms with van der Waals surface area (Å²) in [6, 6.07) is 12.1. The molecule has 0 radical (unpaired) electrons. The number of hydrogen-bond acceptors (Lipinski definition) is 5. The molecule has 21 heavy (non-hydrogen) atoms. The molecule has 3 N–H and O–H groups in total. The van der Waals surface area contributed by atoms with Gasteiger partial charge in [-0.05, 0) is 6.07 Å². The SMILES string of the molecule is N#Cc1nn(-c2cc(=O)[nH]c3ccccc23)c(N)c1C#N. The van der Waals surface area contributed by atoms with Crippen LogP contribution in [0.2, 0.25) is 0 Å². The van der Waals surface area contributed by atoms with E-state index in [1.165, 1.54) is 10.7 Å². The van der Waals surface area contributed by atoms with Crippen LogP contribution in [0.3, 0.4) is 0 Å². The Morgan fingerprint density at radius 3 is 2.67 bits per heavy atom. The summed E-state index contributed by atoms with van der Waals surface area (Å²) in [5.74, 6) is 0.0322. The summed E-state index contributed by atoms with van der Waals surface area (Å²) in [6.45, 7) is 0. The van der Waals surface area contributed by atoms with E-state index >= 15 is 0 Å². The highest BCUT2D eigenvalue weighted by molar-refractivity contribution is 5.87. The first kappa shape index (κ1) is 12.5. The standard InChI is InChI=1S/C14H8N6O/c15-6-9-11(7-16)19-20(14(9)17)12-5-13(21)18-10-4-2-1-3-8(10)12/h1-5H,17H2,(H,18,21). The number of H-pyrrole nitrogens is 1.